The van der Waals surface area contributed by atoms with Gasteiger partial charge in [0, 0.05) is 37.9 Å². The molecule has 2 aromatic rings. The lowest BCUT2D eigenvalue weighted by atomic mass is 10.0. The Kier molecular flexibility index (Phi) is 6.91. The summed E-state index contributed by atoms with van der Waals surface area (Å²) in [6.07, 6.45) is 1.13. The van der Waals surface area contributed by atoms with Gasteiger partial charge in [0.2, 0.25) is 0 Å². The Morgan fingerprint density at radius 3 is 2.77 bits per heavy atom. The van der Waals surface area contributed by atoms with Gasteiger partial charge in [0.25, 0.3) is 0 Å². The Morgan fingerprint density at radius 2 is 1.93 bits per heavy atom. The molecule has 2 aromatic carbocycles. The highest BCUT2D eigenvalue weighted by atomic mass is 35.5. The van der Waals surface area contributed by atoms with E-state index < -0.39 is 6.23 Å². The van der Waals surface area contributed by atoms with E-state index in [0.717, 1.165) is 62.7 Å². The first-order chi connectivity index (χ1) is 14.6. The number of benzene rings is 2. The summed E-state index contributed by atoms with van der Waals surface area (Å²) >= 11 is 12.5. The van der Waals surface area contributed by atoms with Crippen LogP contribution in [0, 0.1) is 11.8 Å². The second kappa shape index (κ2) is 9.80. The molecule has 1 fully saturated rings. The average molecular weight is 446 g/mol. The fraction of sp³-hybridized carbons (Fsp3) is 0.391. The number of fused-ring (bicyclic) bond motifs is 1. The van der Waals surface area contributed by atoms with Crippen molar-refractivity contribution in [2.45, 2.75) is 19.1 Å². The van der Waals surface area contributed by atoms with Gasteiger partial charge in [0.05, 0.1) is 22.3 Å². The maximum Gasteiger partial charge on any atom is 0.149 e. The first kappa shape index (κ1) is 21.1. The average Bonchev–Trinajstić information content (AvgIpc) is 2.76. The molecule has 2 N–H and O–H groups in total. The zero-order valence-electron chi connectivity index (χ0n) is 16.7. The number of aryl methyl sites for hydroxylation is 1. The molecule has 1 atom stereocenters. The van der Waals surface area contributed by atoms with Gasteiger partial charge >= 0.3 is 0 Å². The summed E-state index contributed by atoms with van der Waals surface area (Å²) < 4.78 is 5.75. The van der Waals surface area contributed by atoms with Crippen LogP contribution in [0.15, 0.2) is 36.4 Å². The predicted octanol–water partition coefficient (Wildman–Crippen LogP) is 3.87. The number of ether oxygens (including phenoxy) is 1. The van der Waals surface area contributed by atoms with Crippen LogP contribution in [0.4, 0.5) is 11.4 Å². The van der Waals surface area contributed by atoms with Gasteiger partial charge in [0.1, 0.15) is 18.6 Å². The molecule has 0 spiro atoms. The number of nitrogens with zero attached hydrogens (tertiary/aromatic N) is 2. The topological polar surface area (TPSA) is 48.0 Å². The fourth-order valence-corrected chi connectivity index (χ4v) is 4.18. The molecular formula is C23H25Cl2N3O2. The van der Waals surface area contributed by atoms with Crippen LogP contribution in [0.2, 0.25) is 10.0 Å². The molecule has 0 aromatic heterocycles. The number of nitrogens with one attached hydrogen (secondary N) is 1. The predicted molar refractivity (Wildman–Crippen MR) is 123 cm³/mol. The monoisotopic (exact) mass is 445 g/mol. The molecule has 1 saturated heterocycles. The van der Waals surface area contributed by atoms with Crippen LogP contribution in [0.5, 0.6) is 5.75 Å². The number of rotatable bonds is 4. The van der Waals surface area contributed by atoms with Crippen LogP contribution in [0.3, 0.4) is 0 Å². The summed E-state index contributed by atoms with van der Waals surface area (Å²) in [6, 6.07) is 11.7. The summed E-state index contributed by atoms with van der Waals surface area (Å²) in [7, 11) is 0. The van der Waals surface area contributed by atoms with Crippen LogP contribution >= 0.6 is 23.2 Å². The minimum Gasteiger partial charge on any atom is -0.481 e. The normalized spacial score (nSPS) is 18.8. The zero-order valence-corrected chi connectivity index (χ0v) is 18.2. The molecule has 2 aliphatic heterocycles. The summed E-state index contributed by atoms with van der Waals surface area (Å²) in [5, 5.41) is 14.0. The summed E-state index contributed by atoms with van der Waals surface area (Å²) in [5.41, 5.74) is 3.14. The molecule has 4 rings (SSSR count). The van der Waals surface area contributed by atoms with E-state index in [-0.39, 0.29) is 0 Å². The van der Waals surface area contributed by atoms with E-state index in [1.165, 1.54) is 5.56 Å². The molecule has 0 amide bonds. The summed E-state index contributed by atoms with van der Waals surface area (Å²) in [6.45, 7) is 4.71. The fourth-order valence-electron chi connectivity index (χ4n) is 3.76. The van der Waals surface area contributed by atoms with E-state index in [0.29, 0.717) is 16.7 Å². The van der Waals surface area contributed by atoms with Gasteiger partial charge in [-0.1, -0.05) is 47.2 Å². The molecule has 5 nitrogen and oxygen atoms in total. The van der Waals surface area contributed by atoms with Gasteiger partial charge < -0.3 is 20.1 Å². The largest absolute Gasteiger partial charge is 0.481 e. The zero-order chi connectivity index (χ0) is 20.9. The number of aliphatic hydroxyl groups excluding tert-OH is 1. The maximum absolute atomic E-state index is 9.73. The highest BCUT2D eigenvalue weighted by Crippen LogP contribution is 2.33. The quantitative estimate of drug-likeness (QED) is 0.699. The van der Waals surface area contributed by atoms with E-state index in [9.17, 15) is 5.11 Å². The molecule has 2 heterocycles. The lowest BCUT2D eigenvalue weighted by Crippen LogP contribution is -2.46. The van der Waals surface area contributed by atoms with Crippen LogP contribution in [0.1, 0.15) is 12.0 Å². The SMILES string of the molecule is OC1CCc2ccc(OCC#CCN3CCN(c4cccc(Cl)c4Cl)CC3)cc2N1. The van der Waals surface area contributed by atoms with Crippen molar-refractivity contribution in [1.82, 2.24) is 4.90 Å². The van der Waals surface area contributed by atoms with E-state index in [4.69, 9.17) is 27.9 Å². The van der Waals surface area contributed by atoms with Crippen molar-refractivity contribution in [3.05, 3.63) is 52.0 Å². The smallest absolute Gasteiger partial charge is 0.149 e. The molecule has 0 bridgehead atoms. The highest BCUT2D eigenvalue weighted by molar-refractivity contribution is 6.43. The van der Waals surface area contributed by atoms with Gasteiger partial charge in [-0.2, -0.15) is 0 Å². The minimum atomic E-state index is -0.483. The maximum atomic E-state index is 9.73. The highest BCUT2D eigenvalue weighted by Gasteiger charge is 2.19. The third-order valence-corrected chi connectivity index (χ3v) is 6.28. The van der Waals surface area contributed by atoms with Gasteiger partial charge in [-0.25, -0.2) is 0 Å². The number of aliphatic hydroxyl groups is 1. The Bertz CT molecular complexity index is 949. The molecule has 158 valence electrons. The summed E-state index contributed by atoms with van der Waals surface area (Å²) in [4.78, 5) is 4.59. The molecule has 2 aliphatic rings. The third-order valence-electron chi connectivity index (χ3n) is 5.47. The van der Waals surface area contributed by atoms with Crippen molar-refractivity contribution in [1.29, 1.82) is 0 Å². The lowest BCUT2D eigenvalue weighted by Gasteiger charge is -2.35. The first-order valence-corrected chi connectivity index (χ1v) is 10.9. The van der Waals surface area contributed by atoms with Crippen LogP contribution < -0.4 is 15.0 Å². The van der Waals surface area contributed by atoms with E-state index in [1.807, 2.05) is 36.4 Å². The second-order valence-corrected chi connectivity index (χ2v) is 8.28. The van der Waals surface area contributed by atoms with Crippen molar-refractivity contribution >= 4 is 34.6 Å². The molecule has 0 saturated carbocycles. The molecule has 30 heavy (non-hydrogen) atoms. The molecule has 7 heteroatoms. The van der Waals surface area contributed by atoms with E-state index in [2.05, 4.69) is 27.0 Å². The second-order valence-electron chi connectivity index (χ2n) is 7.50. The Labute approximate surface area is 187 Å². The van der Waals surface area contributed by atoms with Crippen LogP contribution in [-0.4, -0.2) is 55.6 Å². The third kappa shape index (κ3) is 5.14. The number of hydrogen-bond donors (Lipinski definition) is 2. The molecule has 0 radical (unpaired) electrons. The molecule has 0 aliphatic carbocycles. The first-order valence-electron chi connectivity index (χ1n) is 10.2. The van der Waals surface area contributed by atoms with Crippen molar-refractivity contribution in [3.63, 3.8) is 0 Å². The van der Waals surface area contributed by atoms with E-state index in [1.54, 1.807) is 0 Å². The lowest BCUT2D eigenvalue weighted by molar-refractivity contribution is 0.189. The van der Waals surface area contributed by atoms with Gasteiger partial charge in [-0.05, 0) is 36.6 Å². The van der Waals surface area contributed by atoms with Crippen molar-refractivity contribution in [3.8, 4) is 17.6 Å². The van der Waals surface area contributed by atoms with Gasteiger partial charge in [-0.3, -0.25) is 4.90 Å². The van der Waals surface area contributed by atoms with Gasteiger partial charge in [-0.15, -0.1) is 0 Å². The Hall–Kier alpha value is -2.10. The number of anilines is 2. The number of piperazine rings is 1. The molecular weight excluding hydrogens is 421 g/mol. The number of halogens is 2. The standard InChI is InChI=1S/C23H25Cl2N3O2/c24-19-4-3-5-21(23(19)25)28-13-11-27(12-14-28)10-1-2-15-30-18-8-6-17-7-9-22(29)26-20(17)16-18/h3-6,8,16,22,26,29H,7,9-15H2. The Balaban J connectivity index is 1.22. The Morgan fingerprint density at radius 1 is 1.10 bits per heavy atom. The number of hydrogen-bond acceptors (Lipinski definition) is 5. The van der Waals surface area contributed by atoms with Crippen molar-refractivity contribution in [2.75, 3.05) is 49.5 Å². The van der Waals surface area contributed by atoms with Gasteiger partial charge in [0.15, 0.2) is 0 Å². The van der Waals surface area contributed by atoms with Crippen LogP contribution in [0.25, 0.3) is 0 Å². The minimum absolute atomic E-state index is 0.347. The van der Waals surface area contributed by atoms with Crippen molar-refractivity contribution in [2.24, 2.45) is 0 Å². The summed E-state index contributed by atoms with van der Waals surface area (Å²) in [5.74, 6) is 7.05. The van der Waals surface area contributed by atoms with E-state index >= 15 is 0 Å². The molecule has 1 unspecified atom stereocenters. The van der Waals surface area contributed by atoms with Crippen LogP contribution in [-0.2, 0) is 6.42 Å². The van der Waals surface area contributed by atoms with Crippen molar-refractivity contribution < 1.29 is 9.84 Å².